The molecule has 1 aromatic heterocycles. The van der Waals surface area contributed by atoms with Gasteiger partial charge >= 0.3 is 6.18 Å². The molecule has 0 saturated carbocycles. The first-order chi connectivity index (χ1) is 17.4. The molecule has 4 rings (SSSR count). The third kappa shape index (κ3) is 4.99. The number of rotatable bonds is 6. The Kier molecular flexibility index (Phi) is 6.91. The highest BCUT2D eigenvalue weighted by Gasteiger charge is 2.34. The number of aryl methyl sites for hydroxylation is 1. The summed E-state index contributed by atoms with van der Waals surface area (Å²) in [6.45, 7) is 7.52. The Bertz CT molecular complexity index is 1440. The minimum atomic E-state index is -4.53. The van der Waals surface area contributed by atoms with Crippen molar-refractivity contribution in [1.29, 1.82) is 0 Å². The van der Waals surface area contributed by atoms with Gasteiger partial charge in [-0.25, -0.2) is 0 Å². The molecule has 192 valence electrons. The summed E-state index contributed by atoms with van der Waals surface area (Å²) in [6.07, 6.45) is -4.53. The SMILES string of the molecule is COc1ccc(C(C)(C)c2ccccc2)cc1NC(=O)c1cc(C)n(-c2ccccc2C(F)(F)F)c1C. The first-order valence-corrected chi connectivity index (χ1v) is 11.9. The highest BCUT2D eigenvalue weighted by atomic mass is 19.4. The maximum atomic E-state index is 13.7. The van der Waals surface area contributed by atoms with Gasteiger partial charge in [0.25, 0.3) is 5.91 Å². The Hall–Kier alpha value is -4.00. The molecule has 1 heterocycles. The molecule has 0 bridgehead atoms. The number of ether oxygens (including phenoxy) is 1. The van der Waals surface area contributed by atoms with Crippen molar-refractivity contribution in [2.75, 3.05) is 12.4 Å². The minimum absolute atomic E-state index is 0.0201. The lowest BCUT2D eigenvalue weighted by Gasteiger charge is -2.27. The molecule has 0 spiro atoms. The standard InChI is InChI=1S/C30H29F3N2O2/c1-19-17-23(20(2)35(19)26-14-10-9-13-24(26)30(31,32)33)28(36)34-25-18-22(15-16-27(25)37-5)29(3,4)21-11-7-6-8-12-21/h6-18H,1-5H3,(H,34,36). The molecule has 0 saturated heterocycles. The lowest BCUT2D eigenvalue weighted by molar-refractivity contribution is -0.137. The summed E-state index contributed by atoms with van der Waals surface area (Å²) in [5.74, 6) is 0.0500. The molecule has 0 aliphatic heterocycles. The number of halogens is 3. The number of benzene rings is 3. The van der Waals surface area contributed by atoms with Gasteiger partial charge in [0.05, 0.1) is 29.6 Å². The van der Waals surface area contributed by atoms with Crippen LogP contribution in [-0.4, -0.2) is 17.6 Å². The van der Waals surface area contributed by atoms with E-state index in [0.717, 1.165) is 17.2 Å². The number of para-hydroxylation sites is 1. The van der Waals surface area contributed by atoms with Gasteiger partial charge in [-0.2, -0.15) is 13.2 Å². The summed E-state index contributed by atoms with van der Waals surface area (Å²) in [6, 6.07) is 22.6. The van der Waals surface area contributed by atoms with Crippen LogP contribution in [0.25, 0.3) is 5.69 Å². The molecule has 1 N–H and O–H groups in total. The molecule has 0 radical (unpaired) electrons. The first-order valence-electron chi connectivity index (χ1n) is 11.9. The van der Waals surface area contributed by atoms with Gasteiger partial charge in [-0.05, 0) is 55.3 Å². The van der Waals surface area contributed by atoms with E-state index in [-0.39, 0.29) is 16.7 Å². The molecule has 1 amide bonds. The number of carbonyl (C=O) groups is 1. The molecular formula is C30H29F3N2O2. The summed E-state index contributed by atoms with van der Waals surface area (Å²) in [5.41, 5.74) is 2.65. The van der Waals surface area contributed by atoms with E-state index in [4.69, 9.17) is 4.74 Å². The van der Waals surface area contributed by atoms with Crippen molar-refractivity contribution in [1.82, 2.24) is 4.57 Å². The number of amides is 1. The summed E-state index contributed by atoms with van der Waals surface area (Å²) < 4.78 is 48.0. The third-order valence-electron chi connectivity index (χ3n) is 6.79. The van der Waals surface area contributed by atoms with E-state index in [2.05, 4.69) is 31.3 Å². The highest BCUT2D eigenvalue weighted by Crippen LogP contribution is 2.37. The van der Waals surface area contributed by atoms with Gasteiger partial charge in [0.2, 0.25) is 0 Å². The van der Waals surface area contributed by atoms with E-state index >= 15 is 0 Å². The van der Waals surface area contributed by atoms with Gasteiger partial charge in [-0.1, -0.05) is 62.4 Å². The Morgan fingerprint density at radius 2 is 1.51 bits per heavy atom. The number of hydrogen-bond acceptors (Lipinski definition) is 2. The Morgan fingerprint density at radius 1 is 0.865 bits per heavy atom. The molecule has 4 nitrogen and oxygen atoms in total. The number of nitrogens with zero attached hydrogens (tertiary/aromatic N) is 1. The molecule has 7 heteroatoms. The first kappa shape index (κ1) is 26.1. The Labute approximate surface area is 214 Å². The summed E-state index contributed by atoms with van der Waals surface area (Å²) in [7, 11) is 1.52. The second-order valence-electron chi connectivity index (χ2n) is 9.50. The van der Waals surface area contributed by atoms with Crippen molar-refractivity contribution in [3.05, 3.63) is 113 Å². The fourth-order valence-corrected chi connectivity index (χ4v) is 4.68. The fraction of sp³-hybridized carbons (Fsp3) is 0.233. The largest absolute Gasteiger partial charge is 0.495 e. The van der Waals surface area contributed by atoms with Crippen LogP contribution in [0, 0.1) is 13.8 Å². The van der Waals surface area contributed by atoms with E-state index in [1.165, 1.54) is 23.8 Å². The predicted molar refractivity (Wildman–Crippen MR) is 140 cm³/mol. The average molecular weight is 507 g/mol. The minimum Gasteiger partial charge on any atom is -0.495 e. The number of nitrogens with one attached hydrogen (secondary N) is 1. The molecule has 0 aliphatic carbocycles. The number of carbonyl (C=O) groups excluding carboxylic acids is 1. The number of alkyl halides is 3. The number of methoxy groups -OCH3 is 1. The zero-order valence-electron chi connectivity index (χ0n) is 21.4. The van der Waals surface area contributed by atoms with Crippen LogP contribution in [0.1, 0.15) is 52.3 Å². The van der Waals surface area contributed by atoms with Gasteiger partial charge in [-0.15, -0.1) is 0 Å². The number of hydrogen-bond donors (Lipinski definition) is 1. The number of anilines is 1. The van der Waals surface area contributed by atoms with E-state index in [9.17, 15) is 18.0 Å². The van der Waals surface area contributed by atoms with E-state index in [1.807, 2.05) is 30.3 Å². The predicted octanol–water partition coefficient (Wildman–Crippen LogP) is 7.70. The summed E-state index contributed by atoms with van der Waals surface area (Å²) in [4.78, 5) is 13.4. The van der Waals surface area contributed by atoms with Gasteiger partial charge in [-0.3, -0.25) is 4.79 Å². The van der Waals surface area contributed by atoms with Crippen molar-refractivity contribution in [3.8, 4) is 11.4 Å². The molecule has 3 aromatic carbocycles. The van der Waals surface area contributed by atoms with Gasteiger partial charge in [0.1, 0.15) is 5.75 Å². The van der Waals surface area contributed by atoms with Crippen molar-refractivity contribution in [3.63, 3.8) is 0 Å². The lowest BCUT2D eigenvalue weighted by atomic mass is 9.78. The van der Waals surface area contributed by atoms with Crippen molar-refractivity contribution >= 4 is 11.6 Å². The quantitative estimate of drug-likeness (QED) is 0.291. The van der Waals surface area contributed by atoms with Gasteiger partial charge in [0, 0.05) is 16.8 Å². The zero-order chi connectivity index (χ0) is 27.0. The normalized spacial score (nSPS) is 11.9. The van der Waals surface area contributed by atoms with Gasteiger partial charge < -0.3 is 14.6 Å². The fourth-order valence-electron chi connectivity index (χ4n) is 4.68. The average Bonchev–Trinajstić information content (AvgIpc) is 3.17. The maximum Gasteiger partial charge on any atom is 0.418 e. The lowest BCUT2D eigenvalue weighted by Crippen LogP contribution is -2.20. The molecular weight excluding hydrogens is 477 g/mol. The topological polar surface area (TPSA) is 43.3 Å². The zero-order valence-corrected chi connectivity index (χ0v) is 21.4. The third-order valence-corrected chi connectivity index (χ3v) is 6.79. The van der Waals surface area contributed by atoms with Crippen LogP contribution in [0.2, 0.25) is 0 Å². The molecule has 4 aromatic rings. The van der Waals surface area contributed by atoms with E-state index < -0.39 is 17.6 Å². The highest BCUT2D eigenvalue weighted by molar-refractivity contribution is 6.06. The second kappa shape index (κ2) is 9.81. The summed E-state index contributed by atoms with van der Waals surface area (Å²) in [5, 5.41) is 2.92. The summed E-state index contributed by atoms with van der Waals surface area (Å²) >= 11 is 0. The number of aromatic nitrogens is 1. The van der Waals surface area contributed by atoms with Crippen LogP contribution < -0.4 is 10.1 Å². The molecule has 37 heavy (non-hydrogen) atoms. The van der Waals surface area contributed by atoms with Crippen LogP contribution in [0.5, 0.6) is 5.75 Å². The molecule has 0 fully saturated rings. The Morgan fingerprint density at radius 3 is 2.16 bits per heavy atom. The van der Waals surface area contributed by atoms with Crippen molar-refractivity contribution < 1.29 is 22.7 Å². The van der Waals surface area contributed by atoms with Crippen molar-refractivity contribution in [2.24, 2.45) is 0 Å². The van der Waals surface area contributed by atoms with E-state index in [0.29, 0.717) is 22.8 Å². The smallest absolute Gasteiger partial charge is 0.418 e. The van der Waals surface area contributed by atoms with Crippen molar-refractivity contribution in [2.45, 2.75) is 39.3 Å². The van der Waals surface area contributed by atoms with Gasteiger partial charge in [0.15, 0.2) is 0 Å². The van der Waals surface area contributed by atoms with E-state index in [1.54, 1.807) is 32.0 Å². The second-order valence-corrected chi connectivity index (χ2v) is 9.50. The van der Waals surface area contributed by atoms with Crippen LogP contribution in [-0.2, 0) is 11.6 Å². The molecule has 0 atom stereocenters. The van der Waals surface area contributed by atoms with Crippen LogP contribution >= 0.6 is 0 Å². The maximum absolute atomic E-state index is 13.7. The van der Waals surface area contributed by atoms with Crippen LogP contribution in [0.15, 0.2) is 78.9 Å². The molecule has 0 unspecified atom stereocenters. The Balaban J connectivity index is 1.72. The monoisotopic (exact) mass is 506 g/mol. The van der Waals surface area contributed by atoms with Crippen LogP contribution in [0.3, 0.4) is 0 Å². The van der Waals surface area contributed by atoms with Crippen LogP contribution in [0.4, 0.5) is 18.9 Å². The molecule has 0 aliphatic rings.